The highest BCUT2D eigenvalue weighted by Gasteiger charge is 2.12. The minimum absolute atomic E-state index is 0.213. The van der Waals surface area contributed by atoms with E-state index in [-0.39, 0.29) is 17.7 Å². The minimum atomic E-state index is -0.615. The van der Waals surface area contributed by atoms with Crippen LogP contribution in [0.4, 0.5) is 4.79 Å². The fourth-order valence-corrected chi connectivity index (χ4v) is 1.91. The number of ether oxygens (including phenoxy) is 2. The summed E-state index contributed by atoms with van der Waals surface area (Å²) < 4.78 is 10.1. The van der Waals surface area contributed by atoms with Gasteiger partial charge in [0.25, 0.3) is 5.91 Å². The van der Waals surface area contributed by atoms with E-state index in [2.05, 4.69) is 10.6 Å². The largest absolute Gasteiger partial charge is 0.482 e. The molecule has 0 heterocycles. The van der Waals surface area contributed by atoms with Gasteiger partial charge in [-0.3, -0.25) is 10.1 Å². The Morgan fingerprint density at radius 3 is 2.67 bits per heavy atom. The fourth-order valence-electron chi connectivity index (χ4n) is 1.45. The first kappa shape index (κ1) is 17.6. The number of hydrogen-bond acceptors (Lipinski definition) is 4. The zero-order valence-electron chi connectivity index (χ0n) is 11.6. The third-order valence-electron chi connectivity index (χ3n) is 2.30. The lowest BCUT2D eigenvalue weighted by molar-refractivity contribution is -0.122. The van der Waals surface area contributed by atoms with Gasteiger partial charge < -0.3 is 14.8 Å². The van der Waals surface area contributed by atoms with Crippen LogP contribution in [0.15, 0.2) is 18.2 Å². The van der Waals surface area contributed by atoms with E-state index in [0.717, 1.165) is 0 Å². The highest BCUT2D eigenvalue weighted by atomic mass is 35.5. The molecular formula is C13H16Cl2N2O4. The van der Waals surface area contributed by atoms with Crippen LogP contribution in [0.5, 0.6) is 5.75 Å². The number of carbonyl (C=O) groups is 2. The third-order valence-corrected chi connectivity index (χ3v) is 2.83. The molecule has 0 fully saturated rings. The molecule has 0 aliphatic carbocycles. The van der Waals surface area contributed by atoms with Gasteiger partial charge in [-0.05, 0) is 25.1 Å². The second-order valence-electron chi connectivity index (χ2n) is 4.24. The second kappa shape index (κ2) is 8.71. The number of methoxy groups -OCH3 is 1. The van der Waals surface area contributed by atoms with Gasteiger partial charge >= 0.3 is 6.03 Å². The van der Waals surface area contributed by atoms with Crippen molar-refractivity contribution in [2.45, 2.75) is 13.0 Å². The van der Waals surface area contributed by atoms with Crippen molar-refractivity contribution < 1.29 is 19.1 Å². The molecule has 0 spiro atoms. The van der Waals surface area contributed by atoms with Gasteiger partial charge in [0, 0.05) is 12.1 Å². The van der Waals surface area contributed by atoms with Crippen LogP contribution in [0.25, 0.3) is 0 Å². The van der Waals surface area contributed by atoms with Crippen molar-refractivity contribution in [2.75, 3.05) is 20.3 Å². The predicted octanol–water partition coefficient (Wildman–Crippen LogP) is 2.23. The number of nitrogens with one attached hydrogen (secondary N) is 2. The molecule has 116 valence electrons. The van der Waals surface area contributed by atoms with Crippen LogP contribution >= 0.6 is 23.2 Å². The molecule has 1 aromatic rings. The van der Waals surface area contributed by atoms with Gasteiger partial charge in [-0.25, -0.2) is 4.79 Å². The summed E-state index contributed by atoms with van der Waals surface area (Å²) in [6, 6.07) is 3.79. The van der Waals surface area contributed by atoms with Crippen molar-refractivity contribution in [3.8, 4) is 5.75 Å². The highest BCUT2D eigenvalue weighted by molar-refractivity contribution is 6.35. The molecule has 0 aromatic heterocycles. The number of benzene rings is 1. The fraction of sp³-hybridized carbons (Fsp3) is 0.385. The van der Waals surface area contributed by atoms with E-state index in [1.807, 2.05) is 0 Å². The normalized spacial score (nSPS) is 11.6. The van der Waals surface area contributed by atoms with Crippen LogP contribution in [0.1, 0.15) is 6.92 Å². The molecule has 8 heteroatoms. The Morgan fingerprint density at radius 2 is 2.05 bits per heavy atom. The lowest BCUT2D eigenvalue weighted by Crippen LogP contribution is -2.46. The van der Waals surface area contributed by atoms with Gasteiger partial charge in [0.05, 0.1) is 17.7 Å². The maximum Gasteiger partial charge on any atom is 0.321 e. The highest BCUT2D eigenvalue weighted by Crippen LogP contribution is 2.27. The summed E-state index contributed by atoms with van der Waals surface area (Å²) >= 11 is 11.6. The SMILES string of the molecule is COCC(C)NC(=O)NC(=O)COc1ccc(Cl)cc1Cl. The summed E-state index contributed by atoms with van der Waals surface area (Å²) in [5.74, 6) is -0.285. The van der Waals surface area contributed by atoms with E-state index in [0.29, 0.717) is 17.4 Å². The van der Waals surface area contributed by atoms with Crippen LogP contribution in [0.3, 0.4) is 0 Å². The quantitative estimate of drug-likeness (QED) is 0.836. The maximum atomic E-state index is 11.5. The number of amides is 3. The summed E-state index contributed by atoms with van der Waals surface area (Å²) in [7, 11) is 1.52. The molecule has 1 rings (SSSR count). The Bertz CT molecular complexity index is 511. The molecule has 0 radical (unpaired) electrons. The first-order valence-electron chi connectivity index (χ1n) is 6.09. The standard InChI is InChI=1S/C13H16Cl2N2O4/c1-8(6-20-2)16-13(19)17-12(18)7-21-11-4-3-9(14)5-10(11)15/h3-5,8H,6-7H2,1-2H3,(H2,16,17,18,19). The number of imide groups is 1. The monoisotopic (exact) mass is 334 g/mol. The van der Waals surface area contributed by atoms with Crippen LogP contribution < -0.4 is 15.4 Å². The Hall–Kier alpha value is -1.50. The molecule has 21 heavy (non-hydrogen) atoms. The average molecular weight is 335 g/mol. The number of urea groups is 1. The molecule has 1 aromatic carbocycles. The first-order valence-corrected chi connectivity index (χ1v) is 6.85. The van der Waals surface area contributed by atoms with Crippen molar-refractivity contribution in [3.05, 3.63) is 28.2 Å². The van der Waals surface area contributed by atoms with Gasteiger partial charge in [0.15, 0.2) is 6.61 Å². The zero-order valence-corrected chi connectivity index (χ0v) is 13.1. The van der Waals surface area contributed by atoms with Crippen LogP contribution in [-0.2, 0) is 9.53 Å². The Labute approximate surface area is 132 Å². The Kier molecular flexibility index (Phi) is 7.28. The van der Waals surface area contributed by atoms with Gasteiger partial charge in [-0.1, -0.05) is 23.2 Å². The van der Waals surface area contributed by atoms with Gasteiger partial charge in [-0.2, -0.15) is 0 Å². The lowest BCUT2D eigenvalue weighted by Gasteiger charge is -2.13. The summed E-state index contributed by atoms with van der Waals surface area (Å²) in [6.07, 6.45) is 0. The molecule has 1 unspecified atom stereocenters. The molecule has 3 amide bonds. The summed E-state index contributed by atoms with van der Waals surface area (Å²) in [5, 5.41) is 5.41. The van der Waals surface area contributed by atoms with Crippen molar-refractivity contribution >= 4 is 35.1 Å². The van der Waals surface area contributed by atoms with Gasteiger partial charge in [0.2, 0.25) is 0 Å². The molecular weight excluding hydrogens is 319 g/mol. The van der Waals surface area contributed by atoms with Crippen molar-refractivity contribution in [3.63, 3.8) is 0 Å². The molecule has 0 aliphatic rings. The number of rotatable bonds is 6. The minimum Gasteiger partial charge on any atom is -0.482 e. The summed E-state index contributed by atoms with van der Waals surface area (Å²) in [5.41, 5.74) is 0. The number of halogens is 2. The molecule has 1 atom stereocenters. The second-order valence-corrected chi connectivity index (χ2v) is 5.09. The van der Waals surface area contributed by atoms with Crippen LogP contribution in [-0.4, -0.2) is 38.3 Å². The van der Waals surface area contributed by atoms with E-state index < -0.39 is 11.9 Å². The maximum absolute atomic E-state index is 11.5. The first-order chi connectivity index (χ1) is 9.92. The lowest BCUT2D eigenvalue weighted by atomic mass is 10.3. The Balaban J connectivity index is 2.38. The molecule has 0 aliphatic heterocycles. The molecule has 6 nitrogen and oxygen atoms in total. The third kappa shape index (κ3) is 6.66. The van der Waals surface area contributed by atoms with E-state index >= 15 is 0 Å². The molecule has 2 N–H and O–H groups in total. The zero-order chi connectivity index (χ0) is 15.8. The van der Waals surface area contributed by atoms with Gasteiger partial charge in [-0.15, -0.1) is 0 Å². The van der Waals surface area contributed by atoms with Gasteiger partial charge in [0.1, 0.15) is 5.75 Å². The topological polar surface area (TPSA) is 76.7 Å². The summed E-state index contributed by atoms with van der Waals surface area (Å²) in [6.45, 7) is 1.75. The van der Waals surface area contributed by atoms with Crippen LogP contribution in [0, 0.1) is 0 Å². The van der Waals surface area contributed by atoms with Crippen molar-refractivity contribution in [1.29, 1.82) is 0 Å². The van der Waals surface area contributed by atoms with E-state index in [1.54, 1.807) is 19.1 Å². The smallest absolute Gasteiger partial charge is 0.321 e. The molecule has 0 saturated heterocycles. The van der Waals surface area contributed by atoms with E-state index in [4.69, 9.17) is 32.7 Å². The molecule has 0 saturated carbocycles. The predicted molar refractivity (Wildman–Crippen MR) is 80.0 cm³/mol. The van der Waals surface area contributed by atoms with Crippen molar-refractivity contribution in [1.82, 2.24) is 10.6 Å². The average Bonchev–Trinajstić information content (AvgIpc) is 2.37. The summed E-state index contributed by atoms with van der Waals surface area (Å²) in [4.78, 5) is 23.0. The number of carbonyl (C=O) groups excluding carboxylic acids is 2. The molecule has 0 bridgehead atoms. The van der Waals surface area contributed by atoms with Crippen LogP contribution in [0.2, 0.25) is 10.0 Å². The Morgan fingerprint density at radius 1 is 1.33 bits per heavy atom. The van der Waals surface area contributed by atoms with E-state index in [9.17, 15) is 9.59 Å². The van der Waals surface area contributed by atoms with E-state index in [1.165, 1.54) is 13.2 Å². The number of hydrogen-bond donors (Lipinski definition) is 2. The van der Waals surface area contributed by atoms with Crippen molar-refractivity contribution in [2.24, 2.45) is 0 Å².